The second kappa shape index (κ2) is 3.77. The molecule has 1 aromatic heterocycles. The number of rotatable bonds is 2. The Labute approximate surface area is 92.7 Å². The number of halogens is 1. The molecule has 0 atom stereocenters. The normalized spacial score (nSPS) is 17.1. The summed E-state index contributed by atoms with van der Waals surface area (Å²) in [5.41, 5.74) is 1.20. The minimum absolute atomic E-state index is 0.284. The average Bonchev–Trinajstić information content (AvgIpc) is 2.86. The summed E-state index contributed by atoms with van der Waals surface area (Å²) in [6, 6.07) is 5.34. The van der Waals surface area contributed by atoms with Crippen LogP contribution in [0.5, 0.6) is 0 Å². The molecule has 1 fully saturated rings. The lowest BCUT2D eigenvalue weighted by Gasteiger charge is -2.07. The molecule has 0 amide bonds. The van der Waals surface area contributed by atoms with E-state index in [1.165, 1.54) is 25.0 Å². The minimum Gasteiger partial charge on any atom is -0.424 e. The first kappa shape index (κ1) is 9.63. The van der Waals surface area contributed by atoms with Gasteiger partial charge in [0.25, 0.3) is 6.01 Å². The lowest BCUT2D eigenvalue weighted by Crippen LogP contribution is -2.14. The topological polar surface area (TPSA) is 38.1 Å². The lowest BCUT2D eigenvalue weighted by atomic mass is 10.3. The van der Waals surface area contributed by atoms with Gasteiger partial charge in [0.1, 0.15) is 11.3 Å². The van der Waals surface area contributed by atoms with Gasteiger partial charge in [-0.05, 0) is 25.0 Å². The number of benzene rings is 1. The van der Waals surface area contributed by atoms with Crippen molar-refractivity contribution in [1.29, 1.82) is 0 Å². The third kappa shape index (κ3) is 1.75. The second-order valence-corrected chi connectivity index (χ2v) is 4.26. The average molecular weight is 220 g/mol. The summed E-state index contributed by atoms with van der Waals surface area (Å²) in [6.07, 6.45) is 4.83. The van der Waals surface area contributed by atoms with E-state index in [2.05, 4.69) is 10.3 Å². The Kier molecular flexibility index (Phi) is 2.27. The molecule has 2 aromatic rings. The fourth-order valence-corrected chi connectivity index (χ4v) is 2.21. The number of hydrogen-bond donors (Lipinski definition) is 1. The van der Waals surface area contributed by atoms with E-state index in [1.807, 2.05) is 0 Å². The largest absolute Gasteiger partial charge is 0.424 e. The molecule has 0 radical (unpaired) electrons. The van der Waals surface area contributed by atoms with Gasteiger partial charge in [0.15, 0.2) is 5.58 Å². The van der Waals surface area contributed by atoms with E-state index in [4.69, 9.17) is 4.42 Å². The smallest absolute Gasteiger partial charge is 0.295 e. The van der Waals surface area contributed by atoms with Crippen molar-refractivity contribution >= 4 is 17.1 Å². The molecule has 1 saturated carbocycles. The Balaban J connectivity index is 1.86. The van der Waals surface area contributed by atoms with Crippen LogP contribution in [-0.2, 0) is 0 Å². The van der Waals surface area contributed by atoms with Crippen LogP contribution in [0.25, 0.3) is 11.1 Å². The molecule has 4 heteroatoms. The maximum Gasteiger partial charge on any atom is 0.295 e. The highest BCUT2D eigenvalue weighted by Gasteiger charge is 2.17. The number of nitrogens with zero attached hydrogens (tertiary/aromatic N) is 1. The summed E-state index contributed by atoms with van der Waals surface area (Å²) in [5.74, 6) is -0.284. The lowest BCUT2D eigenvalue weighted by molar-refractivity contribution is 0.592. The fraction of sp³-hybridized carbons (Fsp3) is 0.417. The summed E-state index contributed by atoms with van der Waals surface area (Å²) < 4.78 is 18.4. The SMILES string of the molecule is Fc1ccc2oc(NC3CCCC3)nc2c1. The zero-order valence-electron chi connectivity index (χ0n) is 8.87. The quantitative estimate of drug-likeness (QED) is 0.843. The Bertz CT molecular complexity index is 503. The summed E-state index contributed by atoms with van der Waals surface area (Å²) in [6.45, 7) is 0. The molecule has 0 saturated heterocycles. The molecule has 1 heterocycles. The second-order valence-electron chi connectivity index (χ2n) is 4.26. The van der Waals surface area contributed by atoms with Gasteiger partial charge in [-0.2, -0.15) is 4.98 Å². The number of anilines is 1. The Morgan fingerprint density at radius 1 is 1.31 bits per heavy atom. The van der Waals surface area contributed by atoms with E-state index in [0.717, 1.165) is 12.8 Å². The first-order valence-electron chi connectivity index (χ1n) is 5.64. The maximum atomic E-state index is 12.9. The van der Waals surface area contributed by atoms with Crippen molar-refractivity contribution in [1.82, 2.24) is 4.98 Å². The molecule has 3 rings (SSSR count). The van der Waals surface area contributed by atoms with E-state index in [1.54, 1.807) is 6.07 Å². The predicted molar refractivity (Wildman–Crippen MR) is 59.8 cm³/mol. The summed E-state index contributed by atoms with van der Waals surface area (Å²) in [7, 11) is 0. The fourth-order valence-electron chi connectivity index (χ4n) is 2.21. The monoisotopic (exact) mass is 220 g/mol. The van der Waals surface area contributed by atoms with Crippen LogP contribution in [0.1, 0.15) is 25.7 Å². The molecule has 1 aliphatic carbocycles. The van der Waals surface area contributed by atoms with E-state index in [0.29, 0.717) is 23.2 Å². The predicted octanol–water partition coefficient (Wildman–Crippen LogP) is 3.32. The highest BCUT2D eigenvalue weighted by molar-refractivity contribution is 5.74. The molecule has 16 heavy (non-hydrogen) atoms. The van der Waals surface area contributed by atoms with E-state index in [-0.39, 0.29) is 5.82 Å². The van der Waals surface area contributed by atoms with Crippen LogP contribution in [0.15, 0.2) is 22.6 Å². The number of oxazole rings is 1. The number of fused-ring (bicyclic) bond motifs is 1. The van der Waals surface area contributed by atoms with Gasteiger partial charge in [-0.1, -0.05) is 12.8 Å². The van der Waals surface area contributed by atoms with Gasteiger partial charge >= 0.3 is 0 Å². The van der Waals surface area contributed by atoms with Gasteiger partial charge in [-0.3, -0.25) is 0 Å². The van der Waals surface area contributed by atoms with Crippen molar-refractivity contribution in [3.8, 4) is 0 Å². The van der Waals surface area contributed by atoms with Crippen LogP contribution in [0.4, 0.5) is 10.4 Å². The van der Waals surface area contributed by atoms with Crippen LogP contribution in [0.2, 0.25) is 0 Å². The third-order valence-corrected chi connectivity index (χ3v) is 3.03. The molecule has 1 N–H and O–H groups in total. The van der Waals surface area contributed by atoms with Crippen LogP contribution in [0.3, 0.4) is 0 Å². The van der Waals surface area contributed by atoms with Crippen molar-refractivity contribution in [3.63, 3.8) is 0 Å². The van der Waals surface area contributed by atoms with Crippen molar-refractivity contribution in [2.75, 3.05) is 5.32 Å². The third-order valence-electron chi connectivity index (χ3n) is 3.03. The Hall–Kier alpha value is -1.58. The summed E-state index contributed by atoms with van der Waals surface area (Å²) in [4.78, 5) is 4.22. The van der Waals surface area contributed by atoms with Crippen molar-refractivity contribution < 1.29 is 8.81 Å². The van der Waals surface area contributed by atoms with E-state index >= 15 is 0 Å². The number of nitrogens with one attached hydrogen (secondary N) is 1. The Morgan fingerprint density at radius 2 is 2.12 bits per heavy atom. The highest BCUT2D eigenvalue weighted by atomic mass is 19.1. The van der Waals surface area contributed by atoms with Crippen LogP contribution < -0.4 is 5.32 Å². The highest BCUT2D eigenvalue weighted by Crippen LogP contribution is 2.24. The number of hydrogen-bond acceptors (Lipinski definition) is 3. The van der Waals surface area contributed by atoms with Crippen LogP contribution in [-0.4, -0.2) is 11.0 Å². The van der Waals surface area contributed by atoms with Gasteiger partial charge in [-0.25, -0.2) is 4.39 Å². The molecular formula is C12H13FN2O. The molecule has 1 aliphatic rings. The molecule has 0 unspecified atom stereocenters. The minimum atomic E-state index is -0.284. The first-order valence-corrected chi connectivity index (χ1v) is 5.64. The standard InChI is InChI=1S/C12H13FN2O/c13-8-5-6-11-10(7-8)15-12(16-11)14-9-3-1-2-4-9/h5-7,9H,1-4H2,(H,14,15). The Morgan fingerprint density at radius 3 is 2.94 bits per heavy atom. The van der Waals surface area contributed by atoms with Gasteiger partial charge in [0, 0.05) is 12.1 Å². The van der Waals surface area contributed by atoms with Crippen molar-refractivity contribution in [3.05, 3.63) is 24.0 Å². The van der Waals surface area contributed by atoms with Crippen LogP contribution in [0, 0.1) is 5.82 Å². The van der Waals surface area contributed by atoms with E-state index < -0.39 is 0 Å². The zero-order chi connectivity index (χ0) is 11.0. The molecule has 84 valence electrons. The molecule has 0 spiro atoms. The molecule has 0 aliphatic heterocycles. The summed E-state index contributed by atoms with van der Waals surface area (Å²) in [5, 5.41) is 3.25. The van der Waals surface area contributed by atoms with Crippen molar-refractivity contribution in [2.45, 2.75) is 31.7 Å². The van der Waals surface area contributed by atoms with E-state index in [9.17, 15) is 4.39 Å². The van der Waals surface area contributed by atoms with Crippen LogP contribution >= 0.6 is 0 Å². The molecule has 3 nitrogen and oxygen atoms in total. The molecular weight excluding hydrogens is 207 g/mol. The first-order chi connectivity index (χ1) is 7.81. The molecule has 1 aromatic carbocycles. The number of aromatic nitrogens is 1. The summed E-state index contributed by atoms with van der Waals surface area (Å²) >= 11 is 0. The van der Waals surface area contributed by atoms with Gasteiger partial charge < -0.3 is 9.73 Å². The van der Waals surface area contributed by atoms with Gasteiger partial charge in [0.05, 0.1) is 0 Å². The van der Waals surface area contributed by atoms with Gasteiger partial charge in [-0.15, -0.1) is 0 Å². The van der Waals surface area contributed by atoms with Crippen molar-refractivity contribution in [2.24, 2.45) is 0 Å². The van der Waals surface area contributed by atoms with Gasteiger partial charge in [0.2, 0.25) is 0 Å². The molecule has 0 bridgehead atoms. The maximum absolute atomic E-state index is 12.9. The zero-order valence-corrected chi connectivity index (χ0v) is 8.87.